The minimum atomic E-state index is -0.580. The zero-order valence-electron chi connectivity index (χ0n) is 14.4. The summed E-state index contributed by atoms with van der Waals surface area (Å²) in [6.07, 6.45) is 1.35. The lowest BCUT2D eigenvalue weighted by molar-refractivity contribution is -0.128. The Bertz CT molecular complexity index is 507. The molecular weight excluding hydrogens is 306 g/mol. The first-order valence-electron chi connectivity index (χ1n) is 8.24. The molecule has 7 nitrogen and oxygen atoms in total. The first-order valence-corrected chi connectivity index (χ1v) is 8.24. The van der Waals surface area contributed by atoms with Crippen LogP contribution in [0.25, 0.3) is 0 Å². The van der Waals surface area contributed by atoms with E-state index in [1.54, 1.807) is 0 Å². The van der Waals surface area contributed by atoms with Crippen LogP contribution >= 0.6 is 0 Å². The molecule has 0 heterocycles. The second-order valence-corrected chi connectivity index (χ2v) is 5.97. The van der Waals surface area contributed by atoms with Crippen LogP contribution in [0.2, 0.25) is 0 Å². The lowest BCUT2D eigenvalue weighted by atomic mass is 10.1. The number of rotatable bonds is 10. The van der Waals surface area contributed by atoms with E-state index in [-0.39, 0.29) is 17.9 Å². The average molecular weight is 335 g/mol. The summed E-state index contributed by atoms with van der Waals surface area (Å²) in [7, 11) is 0. The van der Waals surface area contributed by atoms with E-state index >= 15 is 0 Å². The van der Waals surface area contributed by atoms with E-state index in [0.717, 1.165) is 12.0 Å². The van der Waals surface area contributed by atoms with Gasteiger partial charge in [-0.1, -0.05) is 30.3 Å². The predicted molar refractivity (Wildman–Crippen MR) is 94.8 cm³/mol. The van der Waals surface area contributed by atoms with Gasteiger partial charge in [0.2, 0.25) is 11.8 Å². The summed E-state index contributed by atoms with van der Waals surface area (Å²) in [5.74, 6) is -0.403. The molecule has 1 aromatic rings. The summed E-state index contributed by atoms with van der Waals surface area (Å²) < 4.78 is 0. The number of amides is 2. The molecule has 0 aliphatic carbocycles. The fourth-order valence-corrected chi connectivity index (χ4v) is 2.45. The van der Waals surface area contributed by atoms with Gasteiger partial charge in [-0.05, 0) is 38.3 Å². The van der Waals surface area contributed by atoms with Crippen molar-refractivity contribution in [3.05, 3.63) is 35.9 Å². The molecule has 0 bridgehead atoms. The molecule has 2 atom stereocenters. The molecule has 7 heteroatoms. The van der Waals surface area contributed by atoms with Crippen molar-refractivity contribution in [1.82, 2.24) is 16.0 Å². The van der Waals surface area contributed by atoms with Gasteiger partial charge in [-0.2, -0.15) is 0 Å². The van der Waals surface area contributed by atoms with Crippen LogP contribution in [-0.2, 0) is 16.0 Å². The molecular formula is C17H29N5O2. The molecule has 24 heavy (non-hydrogen) atoms. The molecule has 1 rings (SSSR count). The fraction of sp³-hybridized carbons (Fsp3) is 0.529. The van der Waals surface area contributed by atoms with E-state index in [2.05, 4.69) is 16.0 Å². The summed E-state index contributed by atoms with van der Waals surface area (Å²) in [6, 6.07) is 9.37. The van der Waals surface area contributed by atoms with Gasteiger partial charge in [-0.15, -0.1) is 0 Å². The van der Waals surface area contributed by atoms with Crippen molar-refractivity contribution in [2.75, 3.05) is 6.54 Å². The molecule has 0 spiro atoms. The third-order valence-electron chi connectivity index (χ3n) is 3.52. The molecule has 0 aromatic heterocycles. The van der Waals surface area contributed by atoms with E-state index in [0.29, 0.717) is 19.4 Å². The van der Waals surface area contributed by atoms with Crippen LogP contribution < -0.4 is 27.4 Å². The van der Waals surface area contributed by atoms with Gasteiger partial charge in [0, 0.05) is 13.0 Å². The highest BCUT2D eigenvalue weighted by molar-refractivity contribution is 5.86. The quantitative estimate of drug-likeness (QED) is 0.300. The zero-order valence-corrected chi connectivity index (χ0v) is 14.4. The van der Waals surface area contributed by atoms with Crippen LogP contribution in [-0.4, -0.2) is 36.7 Å². The first-order chi connectivity index (χ1) is 11.4. The third kappa shape index (κ3) is 8.61. The summed E-state index contributed by atoms with van der Waals surface area (Å²) in [5, 5.41) is 8.53. The Morgan fingerprint density at radius 2 is 1.79 bits per heavy atom. The molecule has 0 saturated heterocycles. The SMILES string of the molecule is CC(=O)N[C@@H](CCCNC(N)N)C(=O)N[C@@H](C)Cc1ccccc1. The lowest BCUT2D eigenvalue weighted by Gasteiger charge is -2.21. The maximum atomic E-state index is 12.4. The number of benzene rings is 1. The van der Waals surface area contributed by atoms with Crippen LogP contribution in [0.3, 0.4) is 0 Å². The Kier molecular flexibility index (Phi) is 8.99. The Morgan fingerprint density at radius 3 is 2.38 bits per heavy atom. The summed E-state index contributed by atoms with van der Waals surface area (Å²) in [5.41, 5.74) is 12.0. The summed E-state index contributed by atoms with van der Waals surface area (Å²) in [4.78, 5) is 23.7. The number of nitrogens with two attached hydrogens (primary N) is 2. The van der Waals surface area contributed by atoms with Gasteiger partial charge in [-0.25, -0.2) is 0 Å². The van der Waals surface area contributed by atoms with Crippen molar-refractivity contribution in [2.45, 2.75) is 51.5 Å². The van der Waals surface area contributed by atoms with E-state index in [1.807, 2.05) is 37.3 Å². The van der Waals surface area contributed by atoms with Gasteiger partial charge >= 0.3 is 0 Å². The van der Waals surface area contributed by atoms with Crippen molar-refractivity contribution >= 4 is 11.8 Å². The number of carbonyl (C=O) groups excluding carboxylic acids is 2. The van der Waals surface area contributed by atoms with Crippen molar-refractivity contribution in [3.8, 4) is 0 Å². The summed E-state index contributed by atoms with van der Waals surface area (Å²) in [6.45, 7) is 3.94. The molecule has 0 unspecified atom stereocenters. The molecule has 0 radical (unpaired) electrons. The molecule has 7 N–H and O–H groups in total. The molecule has 0 aliphatic rings. The summed E-state index contributed by atoms with van der Waals surface area (Å²) >= 11 is 0. The van der Waals surface area contributed by atoms with Gasteiger partial charge in [0.05, 0.1) is 0 Å². The third-order valence-corrected chi connectivity index (χ3v) is 3.52. The van der Waals surface area contributed by atoms with Crippen LogP contribution in [0.5, 0.6) is 0 Å². The number of hydrogen-bond acceptors (Lipinski definition) is 5. The average Bonchev–Trinajstić information content (AvgIpc) is 2.50. The maximum Gasteiger partial charge on any atom is 0.242 e. The van der Waals surface area contributed by atoms with Crippen LogP contribution in [0.15, 0.2) is 30.3 Å². The Labute approximate surface area is 143 Å². The molecule has 1 aromatic carbocycles. The van der Waals surface area contributed by atoms with Gasteiger partial charge in [-0.3, -0.25) is 14.9 Å². The second kappa shape index (κ2) is 10.7. The normalized spacial score (nSPS) is 13.4. The molecule has 134 valence electrons. The smallest absolute Gasteiger partial charge is 0.242 e. The highest BCUT2D eigenvalue weighted by Gasteiger charge is 2.20. The highest BCUT2D eigenvalue weighted by Crippen LogP contribution is 2.04. The van der Waals surface area contributed by atoms with E-state index < -0.39 is 12.3 Å². The number of nitrogens with one attached hydrogen (secondary N) is 3. The second-order valence-electron chi connectivity index (χ2n) is 5.97. The predicted octanol–water partition coefficient (Wildman–Crippen LogP) is -0.191. The van der Waals surface area contributed by atoms with Gasteiger partial charge in [0.1, 0.15) is 12.3 Å². The van der Waals surface area contributed by atoms with Gasteiger partial charge < -0.3 is 22.1 Å². The van der Waals surface area contributed by atoms with Gasteiger partial charge in [0.25, 0.3) is 0 Å². The Hall–Kier alpha value is -1.96. The van der Waals surface area contributed by atoms with Crippen molar-refractivity contribution in [1.29, 1.82) is 0 Å². The minimum Gasteiger partial charge on any atom is -0.352 e. The monoisotopic (exact) mass is 335 g/mol. The fourth-order valence-electron chi connectivity index (χ4n) is 2.45. The number of hydrogen-bond donors (Lipinski definition) is 5. The Morgan fingerprint density at radius 1 is 1.12 bits per heavy atom. The molecule has 0 fully saturated rings. The molecule has 2 amide bonds. The highest BCUT2D eigenvalue weighted by atomic mass is 16.2. The minimum absolute atomic E-state index is 0.0215. The topological polar surface area (TPSA) is 122 Å². The lowest BCUT2D eigenvalue weighted by Crippen LogP contribution is -2.49. The van der Waals surface area contributed by atoms with Crippen LogP contribution in [0.4, 0.5) is 0 Å². The van der Waals surface area contributed by atoms with E-state index in [1.165, 1.54) is 6.92 Å². The largest absolute Gasteiger partial charge is 0.352 e. The maximum absolute atomic E-state index is 12.4. The first kappa shape index (κ1) is 20.1. The van der Waals surface area contributed by atoms with Gasteiger partial charge in [0.15, 0.2) is 0 Å². The Balaban J connectivity index is 2.48. The van der Waals surface area contributed by atoms with Crippen molar-refractivity contribution in [3.63, 3.8) is 0 Å². The van der Waals surface area contributed by atoms with Crippen LogP contribution in [0.1, 0.15) is 32.3 Å². The van der Waals surface area contributed by atoms with E-state index in [9.17, 15) is 9.59 Å². The van der Waals surface area contributed by atoms with Crippen molar-refractivity contribution in [2.24, 2.45) is 11.5 Å². The van der Waals surface area contributed by atoms with E-state index in [4.69, 9.17) is 11.5 Å². The zero-order chi connectivity index (χ0) is 17.9. The number of carbonyl (C=O) groups is 2. The molecule has 0 aliphatic heterocycles. The van der Waals surface area contributed by atoms with Crippen LogP contribution in [0, 0.1) is 0 Å². The molecule has 0 saturated carbocycles. The van der Waals surface area contributed by atoms with Crippen molar-refractivity contribution < 1.29 is 9.59 Å². The standard InChI is InChI=1S/C17H29N5O2/c1-12(11-14-7-4-3-5-8-14)21-16(24)15(22-13(2)23)9-6-10-20-17(18)19/h3-5,7-8,12,15,17,20H,6,9-11,18-19H2,1-2H3,(H,21,24)(H,22,23)/t12-,15-/m0/s1.